The average molecular weight is 943 g/mol. The van der Waals surface area contributed by atoms with Gasteiger partial charge in [0.15, 0.2) is 5.75 Å². The van der Waals surface area contributed by atoms with E-state index in [0.29, 0.717) is 26.2 Å². The summed E-state index contributed by atoms with van der Waals surface area (Å²) in [5.41, 5.74) is 0.689. The van der Waals surface area contributed by atoms with E-state index in [-0.39, 0.29) is 44.5 Å². The fraction of sp³-hybridized carbons (Fsp3) is 0.490. The number of aliphatic hydroxyl groups excluding tert-OH is 2. The molecular formula is C51H66N4O13. The molecule has 4 aliphatic heterocycles. The molecule has 3 aromatic carbocycles. The van der Waals surface area contributed by atoms with Crippen molar-refractivity contribution in [1.29, 1.82) is 0 Å². The molecule has 3 aromatic rings. The summed E-state index contributed by atoms with van der Waals surface area (Å²) in [6, 6.07) is 7.88. The van der Waals surface area contributed by atoms with Crippen molar-refractivity contribution in [2.75, 3.05) is 45.7 Å². The number of hydrogen-bond acceptors (Lipinski definition) is 16. The van der Waals surface area contributed by atoms with Crippen molar-refractivity contribution in [2.24, 2.45) is 28.8 Å². The highest BCUT2D eigenvalue weighted by molar-refractivity contribution is 6.23. The van der Waals surface area contributed by atoms with Crippen LogP contribution in [0.5, 0.6) is 28.7 Å². The second-order valence-corrected chi connectivity index (χ2v) is 18.3. The van der Waals surface area contributed by atoms with Crippen LogP contribution in [0.3, 0.4) is 0 Å². The van der Waals surface area contributed by atoms with Crippen LogP contribution >= 0.6 is 0 Å². The molecule has 0 radical (unpaired) electrons. The lowest BCUT2D eigenvalue weighted by Crippen LogP contribution is -2.46. The Hall–Kier alpha value is -6.14. The number of carbonyl (C=O) groups is 3. The van der Waals surface area contributed by atoms with Crippen LogP contribution in [-0.2, 0) is 30.3 Å². The zero-order valence-electron chi connectivity index (χ0n) is 40.5. The van der Waals surface area contributed by atoms with Crippen LogP contribution in [-0.4, -0.2) is 130 Å². The molecule has 17 heteroatoms. The lowest BCUT2D eigenvalue weighted by atomic mass is 9.78. The summed E-state index contributed by atoms with van der Waals surface area (Å²) < 4.78 is 29.2. The molecule has 6 N–H and O–H groups in total. The van der Waals surface area contributed by atoms with Gasteiger partial charge in [0.2, 0.25) is 0 Å². The third-order valence-corrected chi connectivity index (χ3v) is 13.5. The van der Waals surface area contributed by atoms with Gasteiger partial charge in [-0.15, -0.1) is 0 Å². The number of esters is 1. The number of aliphatic hydroxyl groups is 2. The summed E-state index contributed by atoms with van der Waals surface area (Å²) >= 11 is 0. The van der Waals surface area contributed by atoms with Crippen LogP contribution in [0.15, 0.2) is 65.5 Å². The molecule has 1 amide bonds. The van der Waals surface area contributed by atoms with Gasteiger partial charge in [-0.25, -0.2) is 0 Å². The summed E-state index contributed by atoms with van der Waals surface area (Å²) in [6.45, 7) is 15.7. The van der Waals surface area contributed by atoms with Gasteiger partial charge < -0.3 is 54.5 Å². The Kier molecular flexibility index (Phi) is 16.2. The van der Waals surface area contributed by atoms with Crippen LogP contribution < -0.4 is 14.8 Å². The lowest BCUT2D eigenvalue weighted by Gasteiger charge is -2.38. The third-order valence-electron chi connectivity index (χ3n) is 13.5. The molecule has 0 spiro atoms. The Morgan fingerprint density at radius 2 is 1.68 bits per heavy atom. The van der Waals surface area contributed by atoms with E-state index in [9.17, 15) is 39.9 Å². The number of allylic oxidation sites excluding steroid dienone is 2. The van der Waals surface area contributed by atoms with Crippen LogP contribution in [0.1, 0.15) is 81.9 Å². The van der Waals surface area contributed by atoms with Crippen molar-refractivity contribution in [3.8, 4) is 28.7 Å². The van der Waals surface area contributed by atoms with Crippen LogP contribution in [0.25, 0.3) is 10.8 Å². The number of fused-ring (bicyclic) bond motifs is 14. The molecule has 0 saturated carbocycles. The standard InChI is InChI=1S/C51H66N4O13/c1-27-14-11-15-28(2)50(63)53-41-36(25-52-55-20-13-19-54(21-22-55)26-34-16-12-17-35(24-34)64-9)45(60)38-39(46(41)61)44(59)32(6)48-40(38)49(62)51(8,68-48)66-23-18-37(65-10)29(3)47(67-33(7)56)31(5)43(58)30(4)42(27)57/h11-12,14-18,23-25,27,29-31,37,42-43,47,57-61H,13,19-22,26H2,1-10H3,(H,53,63)/b14-11?,23-18?,28-15?,52-25+. The van der Waals surface area contributed by atoms with Gasteiger partial charge in [0, 0.05) is 93.9 Å². The Labute approximate surface area is 397 Å². The van der Waals surface area contributed by atoms with E-state index in [1.54, 1.807) is 47.0 Å². The van der Waals surface area contributed by atoms with Gasteiger partial charge in [0.05, 0.1) is 60.1 Å². The maximum absolute atomic E-state index is 14.6. The molecule has 368 valence electrons. The fourth-order valence-electron chi connectivity index (χ4n) is 9.27. The summed E-state index contributed by atoms with van der Waals surface area (Å²) in [6.07, 6.45) is 5.60. The van der Waals surface area contributed by atoms with Gasteiger partial charge in [-0.3, -0.25) is 24.3 Å². The number of benzene rings is 3. The number of phenolic OH excluding ortho intramolecular Hbond substituents is 3. The van der Waals surface area contributed by atoms with E-state index >= 15 is 0 Å². The smallest absolute Gasteiger partial charge is 0.312 e. The summed E-state index contributed by atoms with van der Waals surface area (Å²) in [4.78, 5) is 43.3. The van der Waals surface area contributed by atoms with Gasteiger partial charge in [-0.05, 0) is 44.0 Å². The Morgan fingerprint density at radius 3 is 2.37 bits per heavy atom. The number of rotatable bonds is 7. The van der Waals surface area contributed by atoms with Crippen molar-refractivity contribution >= 4 is 40.3 Å². The number of anilines is 1. The minimum Gasteiger partial charge on any atom is -0.507 e. The van der Waals surface area contributed by atoms with Gasteiger partial charge in [-0.1, -0.05) is 58.1 Å². The van der Waals surface area contributed by atoms with Crippen LogP contribution in [0, 0.1) is 30.6 Å². The first-order valence-corrected chi connectivity index (χ1v) is 22.9. The number of Topliss-reactive ketones (excluding diaryl/α,β-unsaturated/α-hetero) is 1. The summed E-state index contributed by atoms with van der Waals surface area (Å²) in [7, 11) is 3.07. The Balaban J connectivity index is 1.45. The molecule has 68 heavy (non-hydrogen) atoms. The number of ether oxygens (including phenoxy) is 5. The molecular weight excluding hydrogens is 877 g/mol. The predicted molar refractivity (Wildman–Crippen MR) is 256 cm³/mol. The minimum atomic E-state index is -2.07. The number of nitrogens with zero attached hydrogens (tertiary/aromatic N) is 3. The number of carbonyl (C=O) groups excluding carboxylic acids is 3. The molecule has 9 unspecified atom stereocenters. The molecule has 4 heterocycles. The van der Waals surface area contributed by atoms with E-state index < -0.39 is 88.8 Å². The number of phenols is 3. The number of methoxy groups -OCH3 is 2. The summed E-state index contributed by atoms with van der Waals surface area (Å²) in [5.74, 6) is -7.72. The molecule has 1 fully saturated rings. The molecule has 9 atom stereocenters. The van der Waals surface area contributed by atoms with Crippen molar-refractivity contribution in [3.05, 3.63) is 82.7 Å². The molecule has 7 rings (SSSR count). The predicted octanol–water partition coefficient (Wildman–Crippen LogP) is 6.30. The van der Waals surface area contributed by atoms with Gasteiger partial charge in [0.25, 0.3) is 11.7 Å². The Morgan fingerprint density at radius 1 is 0.941 bits per heavy atom. The first-order chi connectivity index (χ1) is 32.2. The highest BCUT2D eigenvalue weighted by atomic mass is 16.7. The maximum Gasteiger partial charge on any atom is 0.312 e. The first-order valence-electron chi connectivity index (χ1n) is 22.9. The zero-order chi connectivity index (χ0) is 49.8. The van der Waals surface area contributed by atoms with Gasteiger partial charge >= 0.3 is 11.8 Å². The molecule has 0 aromatic heterocycles. The highest BCUT2D eigenvalue weighted by Crippen LogP contribution is 2.55. The lowest BCUT2D eigenvalue weighted by molar-refractivity contribution is -0.160. The first kappa shape index (κ1) is 51.3. The van der Waals surface area contributed by atoms with E-state index in [1.165, 1.54) is 59.4 Å². The number of ketones is 1. The number of hydrogen-bond donors (Lipinski definition) is 6. The van der Waals surface area contributed by atoms with E-state index in [2.05, 4.69) is 10.2 Å². The molecule has 1 saturated heterocycles. The third kappa shape index (κ3) is 10.6. The van der Waals surface area contributed by atoms with Crippen molar-refractivity contribution in [2.45, 2.75) is 98.6 Å². The van der Waals surface area contributed by atoms with E-state index in [0.717, 1.165) is 24.3 Å². The SMILES string of the molecule is COc1cccc(CN2CCCN(/N=C/c3c4c(O)c5c(O)c(C)c6c(c5c3O)C(=O)C(C)(OC=CC(OC)C(C)C(OC(C)=O)C(C)C(O)C(C)C(O)C(C)C=CC=C(C)C(=O)N4)O6)CC2)c1. The second kappa shape index (κ2) is 21.4. The number of hydrazone groups is 1. The van der Waals surface area contributed by atoms with E-state index in [1.807, 2.05) is 29.3 Å². The monoisotopic (exact) mass is 942 g/mol. The van der Waals surface area contributed by atoms with Crippen molar-refractivity contribution in [3.63, 3.8) is 0 Å². The largest absolute Gasteiger partial charge is 0.507 e. The van der Waals surface area contributed by atoms with Gasteiger partial charge in [-0.2, -0.15) is 5.10 Å². The topological polar surface area (TPSA) is 229 Å². The normalized spacial score (nSPS) is 27.8. The average Bonchev–Trinajstić information content (AvgIpc) is 3.41. The molecule has 5 bridgehead atoms. The molecule has 17 nitrogen and oxygen atoms in total. The van der Waals surface area contributed by atoms with Gasteiger partial charge in [0.1, 0.15) is 29.1 Å². The minimum absolute atomic E-state index is 0.0473. The van der Waals surface area contributed by atoms with Crippen LogP contribution in [0.4, 0.5) is 5.69 Å². The van der Waals surface area contributed by atoms with Crippen molar-refractivity contribution in [1.82, 2.24) is 9.91 Å². The number of amides is 1. The molecule has 0 aliphatic carbocycles. The number of aromatic hydroxyl groups is 3. The van der Waals surface area contributed by atoms with Crippen molar-refractivity contribution < 1.29 is 63.6 Å². The Bertz CT molecular complexity index is 2500. The zero-order valence-corrected chi connectivity index (χ0v) is 40.5. The second-order valence-electron chi connectivity index (χ2n) is 18.3. The maximum atomic E-state index is 14.6. The molecule has 4 aliphatic rings. The number of nitrogens with one attached hydrogen (secondary N) is 1. The fourth-order valence-corrected chi connectivity index (χ4v) is 9.27. The highest BCUT2D eigenvalue weighted by Gasteiger charge is 2.50. The quantitative estimate of drug-likeness (QED) is 0.0661. The van der Waals surface area contributed by atoms with Crippen LogP contribution in [0.2, 0.25) is 0 Å². The summed E-state index contributed by atoms with van der Waals surface area (Å²) in [5, 5.41) is 67.9. The van der Waals surface area contributed by atoms with E-state index in [4.69, 9.17) is 28.8 Å².